The quantitative estimate of drug-likeness (QED) is 0.535. The van der Waals surface area contributed by atoms with E-state index in [-0.39, 0.29) is 17.7 Å². The molecule has 1 rings (SSSR count). The third kappa shape index (κ3) is 4.61. The number of nitrogens with one attached hydrogen (secondary N) is 3. The highest BCUT2D eigenvalue weighted by atomic mass is 16.2. The number of amides is 2. The van der Waals surface area contributed by atoms with Crippen molar-refractivity contribution in [3.05, 3.63) is 0 Å². The van der Waals surface area contributed by atoms with E-state index in [1.54, 1.807) is 0 Å². The minimum Gasteiger partial charge on any atom is -0.354 e. The van der Waals surface area contributed by atoms with E-state index in [0.717, 1.165) is 13.1 Å². The van der Waals surface area contributed by atoms with Gasteiger partial charge in [-0.15, -0.1) is 0 Å². The first kappa shape index (κ1) is 13.0. The summed E-state index contributed by atoms with van der Waals surface area (Å²) in [5.41, 5.74) is 0. The number of rotatable bonds is 6. The number of hydrogen-bond acceptors (Lipinski definition) is 3. The molecule has 3 N–H and O–H groups in total. The highest BCUT2D eigenvalue weighted by Gasteiger charge is 2.19. The van der Waals surface area contributed by atoms with Gasteiger partial charge in [0.1, 0.15) is 0 Å². The molecule has 5 heteroatoms. The van der Waals surface area contributed by atoms with Gasteiger partial charge in [0.25, 0.3) is 0 Å². The SMILES string of the molecule is CC(C)C(=O)NCCNC(=O)CC1CNC1. The molecule has 0 aromatic heterocycles. The Kier molecular flexibility index (Phi) is 5.25. The van der Waals surface area contributed by atoms with Gasteiger partial charge < -0.3 is 16.0 Å². The average Bonchev–Trinajstić information content (AvgIpc) is 2.18. The van der Waals surface area contributed by atoms with Crippen LogP contribution in [0.5, 0.6) is 0 Å². The van der Waals surface area contributed by atoms with Gasteiger partial charge in [0.15, 0.2) is 0 Å². The lowest BCUT2D eigenvalue weighted by atomic mass is 9.99. The molecule has 0 aromatic carbocycles. The highest BCUT2D eigenvalue weighted by Crippen LogP contribution is 2.06. The summed E-state index contributed by atoms with van der Waals surface area (Å²) in [6.07, 6.45) is 0.588. The minimum absolute atomic E-state index is 0.00301. The van der Waals surface area contributed by atoms with E-state index in [2.05, 4.69) is 16.0 Å². The van der Waals surface area contributed by atoms with E-state index in [1.807, 2.05) is 13.8 Å². The molecule has 2 amide bonds. The van der Waals surface area contributed by atoms with Gasteiger partial charge in [-0.2, -0.15) is 0 Å². The van der Waals surface area contributed by atoms with E-state index < -0.39 is 0 Å². The fraction of sp³-hybridized carbons (Fsp3) is 0.818. The summed E-state index contributed by atoms with van der Waals surface area (Å²) in [6.45, 7) is 6.59. The van der Waals surface area contributed by atoms with Crippen LogP contribution in [-0.2, 0) is 9.59 Å². The smallest absolute Gasteiger partial charge is 0.222 e. The molecule has 1 aliphatic heterocycles. The Balaban J connectivity index is 1.97. The van der Waals surface area contributed by atoms with Crippen LogP contribution in [0.1, 0.15) is 20.3 Å². The van der Waals surface area contributed by atoms with Crippen LogP contribution >= 0.6 is 0 Å². The van der Waals surface area contributed by atoms with Gasteiger partial charge in [0.05, 0.1) is 0 Å². The van der Waals surface area contributed by atoms with Gasteiger partial charge in [-0.25, -0.2) is 0 Å². The van der Waals surface area contributed by atoms with E-state index >= 15 is 0 Å². The van der Waals surface area contributed by atoms with Gasteiger partial charge in [-0.1, -0.05) is 13.8 Å². The molecule has 0 aliphatic carbocycles. The van der Waals surface area contributed by atoms with Crippen LogP contribution in [0.4, 0.5) is 0 Å². The first-order valence-corrected chi connectivity index (χ1v) is 5.84. The standard InChI is InChI=1S/C11H21N3O2/c1-8(2)11(16)14-4-3-13-10(15)5-9-6-12-7-9/h8-9,12H,3-7H2,1-2H3,(H,13,15)(H,14,16). The molecule has 0 bridgehead atoms. The molecule has 1 aliphatic rings. The Labute approximate surface area is 96.4 Å². The molecule has 1 saturated heterocycles. The molecule has 0 spiro atoms. The summed E-state index contributed by atoms with van der Waals surface area (Å²) in [5.74, 6) is 0.588. The van der Waals surface area contributed by atoms with Crippen LogP contribution in [0, 0.1) is 11.8 Å². The fourth-order valence-electron chi connectivity index (χ4n) is 1.42. The maximum absolute atomic E-state index is 11.4. The van der Waals surface area contributed by atoms with Gasteiger partial charge in [0.2, 0.25) is 11.8 Å². The van der Waals surface area contributed by atoms with Crippen molar-refractivity contribution < 1.29 is 9.59 Å². The topological polar surface area (TPSA) is 70.2 Å². The molecular weight excluding hydrogens is 206 g/mol. The predicted octanol–water partition coefficient (Wildman–Crippen LogP) is -0.516. The first-order chi connectivity index (χ1) is 7.59. The van der Waals surface area contributed by atoms with Crippen LogP contribution in [0.15, 0.2) is 0 Å². The fourth-order valence-corrected chi connectivity index (χ4v) is 1.42. The van der Waals surface area contributed by atoms with Gasteiger partial charge in [-0.3, -0.25) is 9.59 Å². The lowest BCUT2D eigenvalue weighted by Crippen LogP contribution is -2.45. The maximum Gasteiger partial charge on any atom is 0.222 e. The van der Waals surface area contributed by atoms with Crippen molar-refractivity contribution in [2.45, 2.75) is 20.3 Å². The van der Waals surface area contributed by atoms with Crippen molar-refractivity contribution in [1.82, 2.24) is 16.0 Å². The molecule has 92 valence electrons. The monoisotopic (exact) mass is 227 g/mol. The molecule has 0 unspecified atom stereocenters. The second kappa shape index (κ2) is 6.48. The molecular formula is C11H21N3O2. The Morgan fingerprint density at radius 3 is 2.38 bits per heavy atom. The summed E-state index contributed by atoms with van der Waals surface area (Å²) in [6, 6.07) is 0. The highest BCUT2D eigenvalue weighted by molar-refractivity contribution is 5.78. The van der Waals surface area contributed by atoms with E-state index in [1.165, 1.54) is 0 Å². The number of hydrogen-bond donors (Lipinski definition) is 3. The summed E-state index contributed by atoms with van der Waals surface area (Å²) in [4.78, 5) is 22.6. The third-order valence-electron chi connectivity index (χ3n) is 2.61. The third-order valence-corrected chi connectivity index (χ3v) is 2.61. The number of carbonyl (C=O) groups is 2. The zero-order valence-corrected chi connectivity index (χ0v) is 10.0. The van der Waals surface area contributed by atoms with Crippen molar-refractivity contribution in [3.8, 4) is 0 Å². The lowest BCUT2D eigenvalue weighted by molar-refractivity contribution is -0.125. The van der Waals surface area contributed by atoms with Crippen molar-refractivity contribution >= 4 is 11.8 Å². The minimum atomic E-state index is -0.00301. The molecule has 16 heavy (non-hydrogen) atoms. The molecule has 0 aromatic rings. The Hall–Kier alpha value is -1.10. The van der Waals surface area contributed by atoms with Gasteiger partial charge in [0, 0.05) is 25.4 Å². The van der Waals surface area contributed by atoms with Crippen molar-refractivity contribution in [1.29, 1.82) is 0 Å². The predicted molar refractivity (Wildman–Crippen MR) is 61.8 cm³/mol. The molecule has 5 nitrogen and oxygen atoms in total. The van der Waals surface area contributed by atoms with Crippen molar-refractivity contribution in [2.24, 2.45) is 11.8 Å². The lowest BCUT2D eigenvalue weighted by Gasteiger charge is -2.26. The zero-order valence-electron chi connectivity index (χ0n) is 10.0. The van der Waals surface area contributed by atoms with Crippen molar-refractivity contribution in [2.75, 3.05) is 26.2 Å². The van der Waals surface area contributed by atoms with E-state index in [9.17, 15) is 9.59 Å². The molecule has 1 fully saturated rings. The van der Waals surface area contributed by atoms with Crippen LogP contribution in [-0.4, -0.2) is 38.0 Å². The normalized spacial score (nSPS) is 15.7. The van der Waals surface area contributed by atoms with Gasteiger partial charge in [-0.05, 0) is 19.0 Å². The van der Waals surface area contributed by atoms with Crippen LogP contribution in [0.25, 0.3) is 0 Å². The Morgan fingerprint density at radius 1 is 1.25 bits per heavy atom. The Morgan fingerprint density at radius 2 is 1.88 bits per heavy atom. The van der Waals surface area contributed by atoms with E-state index in [4.69, 9.17) is 0 Å². The summed E-state index contributed by atoms with van der Waals surface area (Å²) in [5, 5.41) is 8.67. The van der Waals surface area contributed by atoms with Crippen LogP contribution < -0.4 is 16.0 Å². The van der Waals surface area contributed by atoms with Crippen LogP contribution in [0.3, 0.4) is 0 Å². The maximum atomic E-state index is 11.4. The van der Waals surface area contributed by atoms with E-state index in [0.29, 0.717) is 25.4 Å². The Bertz CT molecular complexity index is 250. The summed E-state index contributed by atoms with van der Waals surface area (Å²) in [7, 11) is 0. The van der Waals surface area contributed by atoms with Gasteiger partial charge >= 0.3 is 0 Å². The number of carbonyl (C=O) groups excluding carboxylic acids is 2. The molecule has 0 radical (unpaired) electrons. The zero-order chi connectivity index (χ0) is 12.0. The summed E-state index contributed by atoms with van der Waals surface area (Å²) >= 11 is 0. The molecule has 0 saturated carbocycles. The first-order valence-electron chi connectivity index (χ1n) is 5.84. The largest absolute Gasteiger partial charge is 0.354 e. The second-order valence-corrected chi connectivity index (χ2v) is 4.52. The van der Waals surface area contributed by atoms with Crippen LogP contribution in [0.2, 0.25) is 0 Å². The average molecular weight is 227 g/mol. The van der Waals surface area contributed by atoms with Crippen molar-refractivity contribution in [3.63, 3.8) is 0 Å². The second-order valence-electron chi connectivity index (χ2n) is 4.52. The molecule has 1 heterocycles. The molecule has 0 atom stereocenters. The summed E-state index contributed by atoms with van der Waals surface area (Å²) < 4.78 is 0.